The van der Waals surface area contributed by atoms with Gasteiger partial charge in [-0.05, 0) is 31.4 Å². The van der Waals surface area contributed by atoms with E-state index in [1.54, 1.807) is 7.11 Å². The molecule has 0 N–H and O–H groups in total. The highest BCUT2D eigenvalue weighted by Gasteiger charge is 2.02. The Morgan fingerprint density at radius 2 is 2.27 bits per heavy atom. The minimum Gasteiger partial charge on any atom is -0.496 e. The van der Waals surface area contributed by atoms with E-state index in [0.29, 0.717) is 6.54 Å². The van der Waals surface area contributed by atoms with Gasteiger partial charge in [-0.15, -0.1) is 0 Å². The molecule has 0 fully saturated rings. The molecule has 0 heterocycles. The second kappa shape index (κ2) is 5.99. The summed E-state index contributed by atoms with van der Waals surface area (Å²) in [6.45, 7) is 2.58. The van der Waals surface area contributed by atoms with Crippen LogP contribution in [-0.4, -0.2) is 19.7 Å². The molecule has 0 unspecified atom stereocenters. The van der Waals surface area contributed by atoms with E-state index in [0.717, 1.165) is 18.6 Å². The Morgan fingerprint density at radius 1 is 1.47 bits per heavy atom. The lowest BCUT2D eigenvalue weighted by molar-refractivity contribution is 0.409. The SMILES string of the molecule is COc1ccc(C)cc1CCCN=C=O. The second-order valence-corrected chi connectivity index (χ2v) is 3.39. The van der Waals surface area contributed by atoms with Crippen molar-refractivity contribution in [1.82, 2.24) is 0 Å². The van der Waals surface area contributed by atoms with Crippen LogP contribution >= 0.6 is 0 Å². The third-order valence-corrected chi connectivity index (χ3v) is 2.22. The van der Waals surface area contributed by atoms with Crippen molar-refractivity contribution in [3.8, 4) is 5.75 Å². The van der Waals surface area contributed by atoms with Gasteiger partial charge in [-0.1, -0.05) is 17.7 Å². The molecule has 80 valence electrons. The van der Waals surface area contributed by atoms with E-state index in [4.69, 9.17) is 4.74 Å². The van der Waals surface area contributed by atoms with Crippen LogP contribution in [0.15, 0.2) is 23.2 Å². The Hall–Kier alpha value is -1.60. The van der Waals surface area contributed by atoms with Crippen molar-refractivity contribution >= 4 is 6.08 Å². The molecule has 0 saturated carbocycles. The summed E-state index contributed by atoms with van der Waals surface area (Å²) in [7, 11) is 1.66. The predicted octanol–water partition coefficient (Wildman–Crippen LogP) is 2.27. The van der Waals surface area contributed by atoms with Gasteiger partial charge in [0.25, 0.3) is 0 Å². The Balaban J connectivity index is 2.65. The van der Waals surface area contributed by atoms with Crippen LogP contribution in [0.25, 0.3) is 0 Å². The van der Waals surface area contributed by atoms with E-state index >= 15 is 0 Å². The third-order valence-electron chi connectivity index (χ3n) is 2.22. The van der Waals surface area contributed by atoms with Crippen molar-refractivity contribution in [2.24, 2.45) is 4.99 Å². The number of aryl methyl sites for hydroxylation is 2. The van der Waals surface area contributed by atoms with Gasteiger partial charge in [-0.25, -0.2) is 9.79 Å². The molecule has 0 bridgehead atoms. The lowest BCUT2D eigenvalue weighted by atomic mass is 10.1. The van der Waals surface area contributed by atoms with E-state index in [1.807, 2.05) is 19.1 Å². The normalized spacial score (nSPS) is 9.47. The van der Waals surface area contributed by atoms with E-state index < -0.39 is 0 Å². The number of aliphatic imine (C=N–C) groups is 1. The average molecular weight is 205 g/mol. The largest absolute Gasteiger partial charge is 0.496 e. The topological polar surface area (TPSA) is 38.7 Å². The molecule has 0 spiro atoms. The number of nitrogens with zero attached hydrogens (tertiary/aromatic N) is 1. The molecule has 0 atom stereocenters. The van der Waals surface area contributed by atoms with Crippen LogP contribution in [0.3, 0.4) is 0 Å². The number of methoxy groups -OCH3 is 1. The van der Waals surface area contributed by atoms with Crippen LogP contribution in [0.5, 0.6) is 5.75 Å². The summed E-state index contributed by atoms with van der Waals surface area (Å²) in [5.41, 5.74) is 2.38. The maximum absolute atomic E-state index is 9.88. The van der Waals surface area contributed by atoms with Crippen LogP contribution in [0.4, 0.5) is 0 Å². The van der Waals surface area contributed by atoms with Crippen molar-refractivity contribution in [2.45, 2.75) is 19.8 Å². The van der Waals surface area contributed by atoms with Gasteiger partial charge < -0.3 is 4.74 Å². The van der Waals surface area contributed by atoms with Crippen molar-refractivity contribution in [1.29, 1.82) is 0 Å². The molecule has 15 heavy (non-hydrogen) atoms. The molecule has 0 aliphatic carbocycles. The summed E-state index contributed by atoms with van der Waals surface area (Å²) < 4.78 is 5.25. The Kier molecular flexibility index (Phi) is 4.58. The number of isocyanates is 1. The van der Waals surface area contributed by atoms with Gasteiger partial charge in [-0.2, -0.15) is 0 Å². The molecule has 1 aromatic carbocycles. The maximum atomic E-state index is 9.88. The highest BCUT2D eigenvalue weighted by Crippen LogP contribution is 2.20. The smallest absolute Gasteiger partial charge is 0.234 e. The highest BCUT2D eigenvalue weighted by molar-refractivity contribution is 5.37. The minimum absolute atomic E-state index is 0.528. The van der Waals surface area contributed by atoms with Crippen molar-refractivity contribution in [3.05, 3.63) is 29.3 Å². The fourth-order valence-corrected chi connectivity index (χ4v) is 1.50. The molecule has 0 aliphatic rings. The Bertz CT molecular complexity index is 368. The number of rotatable bonds is 5. The molecular formula is C12H15NO2. The molecule has 0 aliphatic heterocycles. The van der Waals surface area contributed by atoms with Crippen molar-refractivity contribution in [3.63, 3.8) is 0 Å². The Labute approximate surface area is 89.8 Å². The van der Waals surface area contributed by atoms with Crippen LogP contribution in [0, 0.1) is 6.92 Å². The molecule has 3 nitrogen and oxygen atoms in total. The van der Waals surface area contributed by atoms with Crippen LogP contribution in [-0.2, 0) is 11.2 Å². The lowest BCUT2D eigenvalue weighted by Gasteiger charge is -2.08. The standard InChI is InChI=1S/C12H15NO2/c1-10-5-6-12(15-2)11(8-10)4-3-7-13-9-14/h5-6,8H,3-4,7H2,1-2H3. The summed E-state index contributed by atoms with van der Waals surface area (Å²) in [4.78, 5) is 13.4. The highest BCUT2D eigenvalue weighted by atomic mass is 16.5. The summed E-state index contributed by atoms with van der Waals surface area (Å²) in [5.74, 6) is 0.899. The Morgan fingerprint density at radius 3 is 2.93 bits per heavy atom. The monoisotopic (exact) mass is 205 g/mol. The first-order valence-corrected chi connectivity index (χ1v) is 4.95. The first kappa shape index (κ1) is 11.5. The van der Waals surface area contributed by atoms with E-state index in [1.165, 1.54) is 17.2 Å². The number of hydrogen-bond donors (Lipinski definition) is 0. The van der Waals surface area contributed by atoms with Gasteiger partial charge >= 0.3 is 0 Å². The zero-order valence-electron chi connectivity index (χ0n) is 9.12. The molecule has 0 amide bonds. The van der Waals surface area contributed by atoms with E-state index in [9.17, 15) is 4.79 Å². The number of ether oxygens (including phenoxy) is 1. The van der Waals surface area contributed by atoms with Gasteiger partial charge in [0.1, 0.15) is 5.75 Å². The molecule has 1 aromatic rings. The first-order valence-electron chi connectivity index (χ1n) is 4.95. The van der Waals surface area contributed by atoms with Crippen LogP contribution in [0.2, 0.25) is 0 Å². The zero-order chi connectivity index (χ0) is 11.1. The molecule has 0 saturated heterocycles. The molecule has 0 radical (unpaired) electrons. The van der Waals surface area contributed by atoms with Gasteiger partial charge in [-0.3, -0.25) is 0 Å². The van der Waals surface area contributed by atoms with Gasteiger partial charge in [0, 0.05) is 0 Å². The quantitative estimate of drug-likeness (QED) is 0.420. The summed E-state index contributed by atoms with van der Waals surface area (Å²) in [5, 5.41) is 0. The predicted molar refractivity (Wildman–Crippen MR) is 59.0 cm³/mol. The van der Waals surface area contributed by atoms with Crippen LogP contribution < -0.4 is 4.74 Å². The zero-order valence-corrected chi connectivity index (χ0v) is 9.12. The number of hydrogen-bond acceptors (Lipinski definition) is 3. The van der Waals surface area contributed by atoms with E-state index in [-0.39, 0.29) is 0 Å². The van der Waals surface area contributed by atoms with Gasteiger partial charge in [0.2, 0.25) is 6.08 Å². The molecule has 3 heteroatoms. The fraction of sp³-hybridized carbons (Fsp3) is 0.417. The fourth-order valence-electron chi connectivity index (χ4n) is 1.50. The number of benzene rings is 1. The van der Waals surface area contributed by atoms with Crippen LogP contribution in [0.1, 0.15) is 17.5 Å². The maximum Gasteiger partial charge on any atom is 0.234 e. The van der Waals surface area contributed by atoms with E-state index in [2.05, 4.69) is 11.1 Å². The molecule has 0 aromatic heterocycles. The van der Waals surface area contributed by atoms with Gasteiger partial charge in [0.15, 0.2) is 0 Å². The van der Waals surface area contributed by atoms with Crippen molar-refractivity contribution < 1.29 is 9.53 Å². The molecular weight excluding hydrogens is 190 g/mol. The summed E-state index contributed by atoms with van der Waals surface area (Å²) in [6.07, 6.45) is 3.25. The minimum atomic E-state index is 0.528. The molecule has 1 rings (SSSR count). The van der Waals surface area contributed by atoms with Crippen molar-refractivity contribution in [2.75, 3.05) is 13.7 Å². The average Bonchev–Trinajstić information content (AvgIpc) is 2.25. The third kappa shape index (κ3) is 3.56. The van der Waals surface area contributed by atoms with Gasteiger partial charge in [0.05, 0.1) is 13.7 Å². The number of carbonyl (C=O) groups excluding carboxylic acids is 1. The second-order valence-electron chi connectivity index (χ2n) is 3.39. The summed E-state index contributed by atoms with van der Waals surface area (Å²) in [6, 6.07) is 6.09. The first-order chi connectivity index (χ1) is 7.27. The lowest BCUT2D eigenvalue weighted by Crippen LogP contribution is -1.94. The summed E-state index contributed by atoms with van der Waals surface area (Å²) >= 11 is 0.